The van der Waals surface area contributed by atoms with E-state index in [2.05, 4.69) is 20.0 Å². The summed E-state index contributed by atoms with van der Waals surface area (Å²) in [6, 6.07) is 2.20. The highest BCUT2D eigenvalue weighted by Gasteiger charge is 2.59. The fourth-order valence-corrected chi connectivity index (χ4v) is 5.08. The number of benzene rings is 1. The number of nitrogens with zero attached hydrogens (tertiary/aromatic N) is 3. The highest BCUT2D eigenvalue weighted by molar-refractivity contribution is 6.33. The van der Waals surface area contributed by atoms with Crippen LogP contribution < -0.4 is 10.1 Å². The number of anilines is 1. The second kappa shape index (κ2) is 9.29. The molecule has 2 atom stereocenters. The third kappa shape index (κ3) is 4.59. The van der Waals surface area contributed by atoms with E-state index < -0.39 is 59.8 Å². The number of aromatic nitrogens is 2. The molecule has 0 radical (unpaired) electrons. The number of nitrogens with one attached hydrogen (secondary N) is 1. The number of halogens is 8. The summed E-state index contributed by atoms with van der Waals surface area (Å²) in [7, 11) is 0. The molecule has 4 heterocycles. The first-order valence-electron chi connectivity index (χ1n) is 11.1. The van der Waals surface area contributed by atoms with E-state index in [-0.39, 0.29) is 40.4 Å². The second-order valence-corrected chi connectivity index (χ2v) is 9.14. The number of alkyl halides is 5. The van der Waals surface area contributed by atoms with Crippen molar-refractivity contribution in [3.8, 4) is 17.0 Å². The third-order valence-electron chi connectivity index (χ3n) is 6.40. The molecular formula is C24H16ClF7N4O2. The van der Waals surface area contributed by atoms with E-state index in [1.807, 2.05) is 0 Å². The Kier molecular flexibility index (Phi) is 6.36. The van der Waals surface area contributed by atoms with Crippen LogP contribution in [0.2, 0.25) is 5.02 Å². The van der Waals surface area contributed by atoms with Crippen LogP contribution in [0.4, 0.5) is 41.2 Å². The topological polar surface area (TPSA) is 67.3 Å². The van der Waals surface area contributed by atoms with Crippen LogP contribution in [0.15, 0.2) is 42.7 Å². The second-order valence-electron chi connectivity index (χ2n) is 8.74. The number of carbonyl (C=O) groups excluding carboxylic acids is 1. The van der Waals surface area contributed by atoms with Crippen LogP contribution >= 0.6 is 11.6 Å². The highest BCUT2D eigenvalue weighted by atomic mass is 35.5. The SMILES string of the molecule is O=C(Nc1cc(Cl)c(-c2ccc(OCC(F)(F)F)nc2)cc1F)N1C2CCC1C(F)(F)c1c2ccnc1F. The Morgan fingerprint density at radius 2 is 1.92 bits per heavy atom. The van der Waals surface area contributed by atoms with E-state index in [0.717, 1.165) is 35.5 Å². The van der Waals surface area contributed by atoms with Gasteiger partial charge in [-0.05, 0) is 42.7 Å². The predicted molar refractivity (Wildman–Crippen MR) is 121 cm³/mol. The molecule has 1 saturated heterocycles. The molecule has 14 heteroatoms. The summed E-state index contributed by atoms with van der Waals surface area (Å²) in [6.07, 6.45) is -2.32. The van der Waals surface area contributed by atoms with Crippen LogP contribution in [-0.4, -0.2) is 39.7 Å². The van der Waals surface area contributed by atoms with Gasteiger partial charge < -0.3 is 15.0 Å². The van der Waals surface area contributed by atoms with Crippen LogP contribution in [0.3, 0.4) is 0 Å². The van der Waals surface area contributed by atoms with E-state index in [1.54, 1.807) is 0 Å². The number of hydrogen-bond acceptors (Lipinski definition) is 4. The van der Waals surface area contributed by atoms with Crippen molar-refractivity contribution in [2.75, 3.05) is 11.9 Å². The number of hydrogen-bond donors (Lipinski definition) is 1. The Morgan fingerprint density at radius 1 is 1.16 bits per heavy atom. The number of urea groups is 1. The lowest BCUT2D eigenvalue weighted by Crippen LogP contribution is -2.52. The third-order valence-corrected chi connectivity index (χ3v) is 6.71. The quantitative estimate of drug-likeness (QED) is 0.280. The van der Waals surface area contributed by atoms with Gasteiger partial charge in [-0.3, -0.25) is 0 Å². The van der Waals surface area contributed by atoms with Crippen molar-refractivity contribution in [2.45, 2.75) is 37.0 Å². The predicted octanol–water partition coefficient (Wildman–Crippen LogP) is 6.86. The Balaban J connectivity index is 1.37. The zero-order chi connectivity index (χ0) is 27.4. The summed E-state index contributed by atoms with van der Waals surface area (Å²) in [5.74, 6) is -6.27. The first-order chi connectivity index (χ1) is 17.9. The summed E-state index contributed by atoms with van der Waals surface area (Å²) in [6.45, 7) is -1.54. The molecule has 2 unspecified atom stereocenters. The highest BCUT2D eigenvalue weighted by Crippen LogP contribution is 2.54. The van der Waals surface area contributed by atoms with Gasteiger partial charge in [-0.15, -0.1) is 0 Å². The molecule has 200 valence electrons. The van der Waals surface area contributed by atoms with Gasteiger partial charge in [0, 0.05) is 29.6 Å². The largest absolute Gasteiger partial charge is 0.468 e. The van der Waals surface area contributed by atoms with Gasteiger partial charge in [-0.1, -0.05) is 11.6 Å². The molecule has 1 N–H and O–H groups in total. The molecule has 0 aliphatic carbocycles. The van der Waals surface area contributed by atoms with Gasteiger partial charge in [0.05, 0.1) is 22.3 Å². The Labute approximate surface area is 215 Å². The van der Waals surface area contributed by atoms with Gasteiger partial charge in [-0.2, -0.15) is 26.3 Å². The zero-order valence-corrected chi connectivity index (χ0v) is 19.8. The monoisotopic (exact) mass is 560 g/mol. The van der Waals surface area contributed by atoms with Gasteiger partial charge in [0.15, 0.2) is 6.61 Å². The fourth-order valence-electron chi connectivity index (χ4n) is 4.80. The van der Waals surface area contributed by atoms with Crippen molar-refractivity contribution in [3.63, 3.8) is 0 Å². The smallest absolute Gasteiger partial charge is 0.422 e. The summed E-state index contributed by atoms with van der Waals surface area (Å²) >= 11 is 6.26. The first kappa shape index (κ1) is 26.0. The molecule has 38 heavy (non-hydrogen) atoms. The summed E-state index contributed by atoms with van der Waals surface area (Å²) in [5.41, 5.74) is -0.934. The number of carbonyl (C=O) groups is 1. The van der Waals surface area contributed by atoms with Crippen LogP contribution in [-0.2, 0) is 5.92 Å². The molecule has 2 bridgehead atoms. The summed E-state index contributed by atoms with van der Waals surface area (Å²) < 4.78 is 101. The lowest BCUT2D eigenvalue weighted by atomic mass is 9.91. The van der Waals surface area contributed by atoms with Gasteiger partial charge in [-0.25, -0.2) is 19.2 Å². The molecule has 3 aromatic rings. The fraction of sp³-hybridized carbons (Fsp3) is 0.292. The Bertz CT molecular complexity index is 1400. The molecule has 6 nitrogen and oxygen atoms in total. The molecule has 2 aliphatic heterocycles. The van der Waals surface area contributed by atoms with Crippen molar-refractivity contribution in [2.24, 2.45) is 0 Å². The minimum atomic E-state index is -4.55. The Morgan fingerprint density at radius 3 is 2.61 bits per heavy atom. The van der Waals surface area contributed by atoms with E-state index in [1.165, 1.54) is 12.1 Å². The normalized spacial score (nSPS) is 19.7. The van der Waals surface area contributed by atoms with E-state index >= 15 is 8.78 Å². The summed E-state index contributed by atoms with van der Waals surface area (Å²) in [5, 5.41) is 2.21. The zero-order valence-electron chi connectivity index (χ0n) is 19.0. The van der Waals surface area contributed by atoms with Crippen LogP contribution in [0.1, 0.15) is 30.0 Å². The average Bonchev–Trinajstić information content (AvgIpc) is 3.26. The minimum Gasteiger partial charge on any atom is -0.468 e. The van der Waals surface area contributed by atoms with E-state index in [0.29, 0.717) is 0 Å². The van der Waals surface area contributed by atoms with Crippen molar-refractivity contribution < 1.29 is 40.3 Å². The van der Waals surface area contributed by atoms with Gasteiger partial charge in [0.1, 0.15) is 11.9 Å². The Hall–Kier alpha value is -3.61. The molecule has 1 aromatic carbocycles. The maximum Gasteiger partial charge on any atom is 0.422 e. The number of pyridine rings is 2. The van der Waals surface area contributed by atoms with E-state index in [4.69, 9.17) is 11.6 Å². The molecule has 0 saturated carbocycles. The molecule has 5 rings (SSSR count). The van der Waals surface area contributed by atoms with Crippen molar-refractivity contribution in [1.29, 1.82) is 0 Å². The van der Waals surface area contributed by atoms with Gasteiger partial charge >= 0.3 is 12.2 Å². The van der Waals surface area contributed by atoms with Crippen LogP contribution in [0, 0.1) is 11.8 Å². The maximum atomic E-state index is 15.2. The molecule has 2 aromatic heterocycles. The summed E-state index contributed by atoms with van der Waals surface area (Å²) in [4.78, 5) is 21.0. The van der Waals surface area contributed by atoms with E-state index in [9.17, 15) is 26.7 Å². The van der Waals surface area contributed by atoms with Crippen LogP contribution in [0.25, 0.3) is 11.1 Å². The average molecular weight is 561 g/mol. The number of amides is 2. The minimum absolute atomic E-state index is 0.0575. The maximum absolute atomic E-state index is 15.2. The lowest BCUT2D eigenvalue weighted by molar-refractivity contribution is -0.154. The van der Waals surface area contributed by atoms with Crippen molar-refractivity contribution >= 4 is 23.3 Å². The number of rotatable bonds is 4. The molecule has 1 fully saturated rings. The molecular weight excluding hydrogens is 545 g/mol. The number of ether oxygens (including phenoxy) is 1. The first-order valence-corrected chi connectivity index (χ1v) is 11.5. The number of fused-ring (bicyclic) bond motifs is 4. The standard InChI is InChI=1S/C24H16ClF7N4O2/c25-14-8-16(15(26)7-13(14)11-1-4-19(34-9-11)38-10-23(28,29)30)35-22(37)36-17-2-3-18(36)24(31,32)20-12(17)5-6-33-21(20)27/h1,4-9,17-18H,2-3,10H2,(H,35,37). The lowest BCUT2D eigenvalue weighted by Gasteiger charge is -2.40. The van der Waals surface area contributed by atoms with Gasteiger partial charge in [0.25, 0.3) is 5.92 Å². The van der Waals surface area contributed by atoms with Crippen molar-refractivity contribution in [1.82, 2.24) is 14.9 Å². The molecule has 0 spiro atoms. The van der Waals surface area contributed by atoms with Crippen LogP contribution in [0.5, 0.6) is 5.88 Å². The van der Waals surface area contributed by atoms with Gasteiger partial charge in [0.2, 0.25) is 11.8 Å². The van der Waals surface area contributed by atoms with Crippen molar-refractivity contribution in [3.05, 3.63) is 70.6 Å². The molecule has 2 aliphatic rings. The molecule has 2 amide bonds.